The number of para-hydroxylation sites is 2. The van der Waals surface area contributed by atoms with Crippen molar-refractivity contribution >= 4 is 65.6 Å². The molecule has 0 amide bonds. The Labute approximate surface area is 384 Å². The lowest BCUT2D eigenvalue weighted by molar-refractivity contribution is 0.793. The highest BCUT2D eigenvalue weighted by Gasteiger charge is 2.52. The maximum Gasteiger partial charge on any atom is 0.0727 e. The van der Waals surface area contributed by atoms with Crippen molar-refractivity contribution < 1.29 is 6.85 Å². The summed E-state index contributed by atoms with van der Waals surface area (Å²) in [5, 5.41) is 2.34. The highest BCUT2D eigenvalue weighted by molar-refractivity contribution is 7.25. The molecule has 1 heterocycles. The Balaban J connectivity index is 1.07. The number of benzene rings is 10. The fourth-order valence-electron chi connectivity index (χ4n) is 10.5. The molecule has 2 nitrogen and oxygen atoms in total. The van der Waals surface area contributed by atoms with Crippen molar-refractivity contribution in [1.82, 2.24) is 0 Å². The molecule has 3 heteroatoms. The van der Waals surface area contributed by atoms with Crippen molar-refractivity contribution in [3.63, 3.8) is 0 Å². The third-order valence-corrected chi connectivity index (χ3v) is 14.3. The van der Waals surface area contributed by atoms with Crippen molar-refractivity contribution in [2.45, 2.75) is 5.41 Å². The van der Waals surface area contributed by atoms with Gasteiger partial charge in [-0.15, -0.1) is 11.3 Å². The maximum atomic E-state index is 8.94. The monoisotopic (exact) mass is 837 g/mol. The van der Waals surface area contributed by atoms with Gasteiger partial charge in [0, 0.05) is 54.3 Å². The molecule has 0 aliphatic heterocycles. The summed E-state index contributed by atoms with van der Waals surface area (Å²) in [6.07, 6.45) is 0. The van der Waals surface area contributed by atoms with E-state index in [2.05, 4.69) is 198 Å². The molecule has 0 radical (unpaired) electrons. The molecule has 0 saturated carbocycles. The Hall–Kier alpha value is -7.98. The van der Waals surface area contributed by atoms with Gasteiger partial charge >= 0.3 is 0 Å². The smallest absolute Gasteiger partial charge is 0.0727 e. The summed E-state index contributed by atoms with van der Waals surface area (Å²) in [7, 11) is 0. The van der Waals surface area contributed by atoms with E-state index in [1.807, 2.05) is 24.3 Å². The Morgan fingerprint density at radius 1 is 0.328 bits per heavy atom. The summed E-state index contributed by atoms with van der Waals surface area (Å²) in [6.45, 7) is 0. The third kappa shape index (κ3) is 5.51. The summed E-state index contributed by atoms with van der Waals surface area (Å²) >= 11 is 1.77. The van der Waals surface area contributed by atoms with Crippen molar-refractivity contribution in [2.75, 3.05) is 9.80 Å². The number of nitrogens with zero attached hydrogens (tertiary/aromatic N) is 2. The van der Waals surface area contributed by atoms with Crippen LogP contribution in [0.2, 0.25) is 0 Å². The molecule has 300 valence electrons. The number of rotatable bonds is 7. The minimum atomic E-state index is -0.683. The largest absolute Gasteiger partial charge is 0.310 e. The molecule has 1 spiro atoms. The zero-order chi connectivity index (χ0) is 46.5. The van der Waals surface area contributed by atoms with Crippen LogP contribution in [0.1, 0.15) is 29.1 Å². The van der Waals surface area contributed by atoms with E-state index in [4.69, 9.17) is 6.85 Å². The van der Waals surface area contributed by atoms with E-state index < -0.39 is 11.5 Å². The van der Waals surface area contributed by atoms with Gasteiger partial charge < -0.3 is 9.80 Å². The van der Waals surface area contributed by atoms with E-state index in [0.717, 1.165) is 45.1 Å². The summed E-state index contributed by atoms with van der Waals surface area (Å²) in [4.78, 5) is 4.59. The average Bonchev–Trinajstić information content (AvgIpc) is 4.02. The van der Waals surface area contributed by atoms with Gasteiger partial charge in [-0.1, -0.05) is 158 Å². The lowest BCUT2D eigenvalue weighted by Crippen LogP contribution is -2.26. The summed E-state index contributed by atoms with van der Waals surface area (Å²) in [5.74, 6) is 0. The van der Waals surface area contributed by atoms with Gasteiger partial charge in [0.25, 0.3) is 0 Å². The first-order valence-electron chi connectivity index (χ1n) is 24.1. The zero-order valence-corrected chi connectivity index (χ0v) is 35.3. The molecule has 11 aromatic rings. The second kappa shape index (κ2) is 14.6. The van der Waals surface area contributed by atoms with E-state index in [9.17, 15) is 0 Å². The maximum absolute atomic E-state index is 8.94. The fourth-order valence-corrected chi connectivity index (χ4v) is 11.6. The number of thiophene rings is 1. The van der Waals surface area contributed by atoms with Gasteiger partial charge in [0.15, 0.2) is 0 Å². The summed E-state index contributed by atoms with van der Waals surface area (Å²) in [6, 6.07) is 73.9. The predicted molar refractivity (Wildman–Crippen MR) is 270 cm³/mol. The number of hydrogen-bond acceptors (Lipinski definition) is 3. The van der Waals surface area contributed by atoms with Crippen LogP contribution < -0.4 is 9.80 Å². The van der Waals surface area contributed by atoms with Crippen LogP contribution in [0.4, 0.5) is 34.1 Å². The van der Waals surface area contributed by atoms with Gasteiger partial charge in [-0.25, -0.2) is 0 Å². The minimum absolute atomic E-state index is 0.167. The van der Waals surface area contributed by atoms with Crippen LogP contribution in [0.5, 0.6) is 0 Å². The minimum Gasteiger partial charge on any atom is -0.310 e. The molecule has 10 aromatic carbocycles. The fraction of sp³-hybridized carbons (Fsp3) is 0.0164. The van der Waals surface area contributed by atoms with E-state index in [1.54, 1.807) is 11.3 Å². The Morgan fingerprint density at radius 3 is 1.47 bits per heavy atom. The molecule has 1 unspecified atom stereocenters. The molecule has 2 aliphatic carbocycles. The highest BCUT2D eigenvalue weighted by Crippen LogP contribution is 2.64. The predicted octanol–water partition coefficient (Wildman–Crippen LogP) is 17.0. The zero-order valence-electron chi connectivity index (χ0n) is 39.5. The quantitative estimate of drug-likeness (QED) is 0.158. The molecule has 2 aliphatic rings. The first-order chi connectivity index (χ1) is 33.8. The molecule has 0 saturated heterocycles. The third-order valence-electron chi connectivity index (χ3n) is 13.1. The second-order valence-corrected chi connectivity index (χ2v) is 17.6. The SMILES string of the molecule is [2H]c1c([2H])c([2H])c(-c2cccc(N(c3ccc4c(c3)C3(c5ccccc5-c5ccc(N(c6ccccc6)c6ccccc6)cc53)c3ccccc3-4)c3ccc4sc5ccccc5c4c3)c2)c([2H])c1[2H]. The van der Waals surface area contributed by atoms with Crippen LogP contribution in [0.3, 0.4) is 0 Å². The Kier molecular flexibility index (Phi) is 7.23. The van der Waals surface area contributed by atoms with Gasteiger partial charge in [-0.05, 0) is 141 Å². The number of hydrogen-bond donors (Lipinski definition) is 0. The topological polar surface area (TPSA) is 6.48 Å². The van der Waals surface area contributed by atoms with Crippen LogP contribution in [0.25, 0.3) is 53.6 Å². The van der Waals surface area contributed by atoms with Gasteiger partial charge in [0.2, 0.25) is 0 Å². The van der Waals surface area contributed by atoms with Crippen LogP contribution in [-0.4, -0.2) is 0 Å². The molecule has 13 rings (SSSR count). The van der Waals surface area contributed by atoms with Crippen LogP contribution in [0.15, 0.2) is 243 Å². The molecule has 0 N–H and O–H groups in total. The van der Waals surface area contributed by atoms with E-state index in [1.165, 1.54) is 53.7 Å². The van der Waals surface area contributed by atoms with Gasteiger partial charge in [-0.2, -0.15) is 0 Å². The summed E-state index contributed by atoms with van der Waals surface area (Å²) < 4.78 is 45.7. The average molecular weight is 838 g/mol. The normalized spacial score (nSPS) is 15.4. The second-order valence-electron chi connectivity index (χ2n) is 16.5. The van der Waals surface area contributed by atoms with Gasteiger partial charge in [-0.3, -0.25) is 0 Å². The Morgan fingerprint density at radius 2 is 0.812 bits per heavy atom. The van der Waals surface area contributed by atoms with E-state index in [-0.39, 0.29) is 29.7 Å². The van der Waals surface area contributed by atoms with Crippen LogP contribution >= 0.6 is 11.3 Å². The van der Waals surface area contributed by atoms with Crippen LogP contribution in [-0.2, 0) is 5.41 Å². The van der Waals surface area contributed by atoms with Crippen molar-refractivity contribution in [3.8, 4) is 33.4 Å². The van der Waals surface area contributed by atoms with E-state index in [0.29, 0.717) is 5.56 Å². The molecule has 64 heavy (non-hydrogen) atoms. The molecular weight excluding hydrogens is 793 g/mol. The van der Waals surface area contributed by atoms with Gasteiger partial charge in [0.1, 0.15) is 0 Å². The summed E-state index contributed by atoms with van der Waals surface area (Å²) in [5.41, 5.74) is 15.5. The number of anilines is 6. The first kappa shape index (κ1) is 31.8. The standard InChI is InChI=1S/C61H40N2S/c1-4-17-41(18-5-1)42-19-16-24-45(37-42)63(46-33-36-60-54(38-46)53-27-12-15-30-59(53)64-60)48-32-35-52-50-26-11-14-29-56(50)61(58(52)40-48)55-28-13-10-25-49(55)51-34-31-47(39-57(51)61)62(43-20-6-2-7-21-43)44-22-8-3-9-23-44/h1-40H/i1D,4D,5D,17D,18D. The van der Waals surface area contributed by atoms with Crippen molar-refractivity contribution in [3.05, 3.63) is 265 Å². The lowest BCUT2D eigenvalue weighted by Gasteiger charge is -2.33. The van der Waals surface area contributed by atoms with Crippen molar-refractivity contribution in [2.24, 2.45) is 0 Å². The van der Waals surface area contributed by atoms with Crippen molar-refractivity contribution in [1.29, 1.82) is 0 Å². The molecule has 1 atom stereocenters. The molecule has 0 bridgehead atoms. The molecule has 1 aromatic heterocycles. The van der Waals surface area contributed by atoms with Crippen LogP contribution in [0, 0.1) is 0 Å². The van der Waals surface area contributed by atoms with Gasteiger partial charge in [0.05, 0.1) is 12.3 Å². The van der Waals surface area contributed by atoms with E-state index >= 15 is 0 Å². The lowest BCUT2D eigenvalue weighted by atomic mass is 9.70. The Bertz CT molecular complexity index is 3810. The number of fused-ring (bicyclic) bond motifs is 13. The highest BCUT2D eigenvalue weighted by atomic mass is 32.1. The first-order valence-corrected chi connectivity index (χ1v) is 22.4. The molecular formula is C61H40N2S. The molecule has 0 fully saturated rings.